The Kier molecular flexibility index (Phi) is 4.64. The third kappa shape index (κ3) is 3.60. The van der Waals surface area contributed by atoms with Gasteiger partial charge in [-0.25, -0.2) is 0 Å². The van der Waals surface area contributed by atoms with Gasteiger partial charge in [0.25, 0.3) is 0 Å². The Hall–Kier alpha value is -1.29. The molecule has 0 unspecified atom stereocenters. The van der Waals surface area contributed by atoms with Gasteiger partial charge < -0.3 is 9.52 Å². The topological polar surface area (TPSA) is 45.4 Å². The highest BCUT2D eigenvalue weighted by Gasteiger charge is 2.16. The Balaban J connectivity index is 2.08. The van der Waals surface area contributed by atoms with Crippen LogP contribution in [0.2, 0.25) is 5.02 Å². The van der Waals surface area contributed by atoms with Crippen LogP contribution >= 0.6 is 11.6 Å². The highest BCUT2D eigenvalue weighted by atomic mass is 35.5. The predicted molar refractivity (Wildman–Crippen MR) is 76.3 cm³/mol. The number of halogens is 1. The van der Waals surface area contributed by atoms with Gasteiger partial charge in [-0.2, -0.15) is 0 Å². The number of hydrogen-bond acceptors (Lipinski definition) is 3. The third-order valence-corrected chi connectivity index (χ3v) is 3.35. The Morgan fingerprint density at radius 1 is 1.21 bits per heavy atom. The zero-order valence-corrected chi connectivity index (χ0v) is 11.8. The lowest BCUT2D eigenvalue weighted by Gasteiger charge is -2.21. The largest absolute Gasteiger partial charge is 0.465 e. The van der Waals surface area contributed by atoms with E-state index in [1.807, 2.05) is 50.2 Å². The molecular weight excluding hydrogens is 262 g/mol. The SMILES string of the molecule is Cc1ccc([C@@H](C)N[C@@H](CO)c2ccc(Cl)cc2)o1. The smallest absolute Gasteiger partial charge is 0.120 e. The van der Waals surface area contributed by atoms with Crippen molar-refractivity contribution < 1.29 is 9.52 Å². The van der Waals surface area contributed by atoms with Gasteiger partial charge in [-0.05, 0) is 43.7 Å². The van der Waals surface area contributed by atoms with Crippen molar-refractivity contribution in [2.45, 2.75) is 25.9 Å². The van der Waals surface area contributed by atoms with E-state index >= 15 is 0 Å². The monoisotopic (exact) mass is 279 g/mol. The van der Waals surface area contributed by atoms with E-state index in [0.29, 0.717) is 5.02 Å². The first-order chi connectivity index (χ1) is 9.10. The number of furan rings is 1. The molecule has 0 amide bonds. The van der Waals surface area contributed by atoms with Crippen molar-refractivity contribution in [3.05, 3.63) is 58.5 Å². The molecule has 0 spiro atoms. The first-order valence-corrected chi connectivity index (χ1v) is 6.66. The number of aliphatic hydroxyl groups excluding tert-OH is 1. The van der Waals surface area contributed by atoms with Crippen molar-refractivity contribution in [3.8, 4) is 0 Å². The van der Waals surface area contributed by atoms with Gasteiger partial charge in [-0.15, -0.1) is 0 Å². The molecule has 4 heteroatoms. The third-order valence-electron chi connectivity index (χ3n) is 3.09. The number of aryl methyl sites for hydroxylation is 1. The molecule has 3 nitrogen and oxygen atoms in total. The number of nitrogens with one attached hydrogen (secondary N) is 1. The lowest BCUT2D eigenvalue weighted by atomic mass is 10.1. The fourth-order valence-electron chi connectivity index (χ4n) is 2.02. The zero-order valence-electron chi connectivity index (χ0n) is 11.1. The maximum absolute atomic E-state index is 9.52. The molecule has 0 fully saturated rings. The van der Waals surface area contributed by atoms with Crippen molar-refractivity contribution in [2.24, 2.45) is 0 Å². The van der Waals surface area contributed by atoms with Crippen LogP contribution in [-0.2, 0) is 0 Å². The predicted octanol–water partition coefficient (Wildman–Crippen LogP) is 3.63. The maximum Gasteiger partial charge on any atom is 0.120 e. The molecule has 1 heterocycles. The number of rotatable bonds is 5. The number of aliphatic hydroxyl groups is 1. The van der Waals surface area contributed by atoms with Crippen molar-refractivity contribution in [1.29, 1.82) is 0 Å². The lowest BCUT2D eigenvalue weighted by molar-refractivity contribution is 0.230. The van der Waals surface area contributed by atoms with E-state index in [2.05, 4.69) is 5.32 Å². The van der Waals surface area contributed by atoms with Crippen molar-refractivity contribution >= 4 is 11.6 Å². The highest BCUT2D eigenvalue weighted by molar-refractivity contribution is 6.30. The van der Waals surface area contributed by atoms with Crippen LogP contribution in [0.1, 0.15) is 36.1 Å². The standard InChI is InChI=1S/C15H18ClNO2/c1-10-3-8-15(19-10)11(2)17-14(9-18)12-4-6-13(16)7-5-12/h3-8,11,14,17-18H,9H2,1-2H3/t11-,14+/m1/s1. The first-order valence-electron chi connectivity index (χ1n) is 6.29. The summed E-state index contributed by atoms with van der Waals surface area (Å²) >= 11 is 5.87. The summed E-state index contributed by atoms with van der Waals surface area (Å²) in [6.07, 6.45) is 0. The minimum Gasteiger partial charge on any atom is -0.465 e. The van der Waals surface area contributed by atoms with Crippen molar-refractivity contribution in [2.75, 3.05) is 6.61 Å². The quantitative estimate of drug-likeness (QED) is 0.878. The van der Waals surface area contributed by atoms with E-state index in [1.165, 1.54) is 0 Å². The van der Waals surface area contributed by atoms with Crippen LogP contribution < -0.4 is 5.32 Å². The van der Waals surface area contributed by atoms with Gasteiger partial charge in [0.2, 0.25) is 0 Å². The summed E-state index contributed by atoms with van der Waals surface area (Å²) in [5.41, 5.74) is 1.00. The molecule has 102 valence electrons. The van der Waals surface area contributed by atoms with Crippen LogP contribution in [0.15, 0.2) is 40.8 Å². The minimum atomic E-state index is -0.141. The maximum atomic E-state index is 9.52. The molecule has 2 aromatic rings. The molecule has 0 radical (unpaired) electrons. The second-order valence-corrected chi connectivity index (χ2v) is 5.06. The summed E-state index contributed by atoms with van der Waals surface area (Å²) in [4.78, 5) is 0. The van der Waals surface area contributed by atoms with E-state index in [-0.39, 0.29) is 18.7 Å². The average Bonchev–Trinajstić information content (AvgIpc) is 2.84. The molecule has 0 bridgehead atoms. The van der Waals surface area contributed by atoms with Crippen LogP contribution in [-0.4, -0.2) is 11.7 Å². The molecule has 0 saturated carbocycles. The van der Waals surface area contributed by atoms with Gasteiger partial charge in [0.05, 0.1) is 18.7 Å². The van der Waals surface area contributed by atoms with Gasteiger partial charge in [0, 0.05) is 5.02 Å². The molecule has 1 aromatic carbocycles. The van der Waals surface area contributed by atoms with Gasteiger partial charge >= 0.3 is 0 Å². The molecule has 0 aliphatic heterocycles. The molecule has 0 saturated heterocycles. The summed E-state index contributed by atoms with van der Waals surface area (Å²) in [5.74, 6) is 1.75. The summed E-state index contributed by atoms with van der Waals surface area (Å²) in [5, 5.41) is 13.6. The second-order valence-electron chi connectivity index (χ2n) is 4.62. The Bertz CT molecular complexity index is 521. The molecule has 2 N–H and O–H groups in total. The van der Waals surface area contributed by atoms with Gasteiger partial charge in [-0.3, -0.25) is 5.32 Å². The van der Waals surface area contributed by atoms with Crippen molar-refractivity contribution in [3.63, 3.8) is 0 Å². The Morgan fingerprint density at radius 2 is 1.89 bits per heavy atom. The van der Waals surface area contributed by atoms with Gasteiger partial charge in [0.15, 0.2) is 0 Å². The molecule has 2 rings (SSSR count). The zero-order chi connectivity index (χ0) is 13.8. The van der Waals surface area contributed by atoms with E-state index < -0.39 is 0 Å². The van der Waals surface area contributed by atoms with Crippen LogP contribution in [0.5, 0.6) is 0 Å². The first kappa shape index (κ1) is 14.1. The summed E-state index contributed by atoms with van der Waals surface area (Å²) in [6.45, 7) is 3.95. The molecule has 19 heavy (non-hydrogen) atoms. The summed E-state index contributed by atoms with van der Waals surface area (Å²) in [7, 11) is 0. The Morgan fingerprint density at radius 3 is 2.42 bits per heavy atom. The molecule has 2 atom stereocenters. The number of hydrogen-bond donors (Lipinski definition) is 2. The highest BCUT2D eigenvalue weighted by Crippen LogP contribution is 2.22. The fourth-order valence-corrected chi connectivity index (χ4v) is 2.15. The normalized spacial score (nSPS) is 14.3. The van der Waals surface area contributed by atoms with Crippen LogP contribution in [0.25, 0.3) is 0 Å². The fraction of sp³-hybridized carbons (Fsp3) is 0.333. The van der Waals surface area contributed by atoms with E-state index in [0.717, 1.165) is 17.1 Å². The van der Waals surface area contributed by atoms with Gasteiger partial charge in [-0.1, -0.05) is 23.7 Å². The van der Waals surface area contributed by atoms with Gasteiger partial charge in [0.1, 0.15) is 11.5 Å². The van der Waals surface area contributed by atoms with E-state index in [9.17, 15) is 5.11 Å². The molecule has 1 aromatic heterocycles. The Labute approximate surface area is 118 Å². The van der Waals surface area contributed by atoms with Crippen LogP contribution in [0.3, 0.4) is 0 Å². The average molecular weight is 280 g/mol. The lowest BCUT2D eigenvalue weighted by Crippen LogP contribution is -2.27. The minimum absolute atomic E-state index is 0.0195. The van der Waals surface area contributed by atoms with E-state index in [1.54, 1.807) is 0 Å². The van der Waals surface area contributed by atoms with Crippen molar-refractivity contribution in [1.82, 2.24) is 5.32 Å². The summed E-state index contributed by atoms with van der Waals surface area (Å²) in [6, 6.07) is 11.2. The molecular formula is C15H18ClNO2. The van der Waals surface area contributed by atoms with Crippen LogP contribution in [0.4, 0.5) is 0 Å². The number of benzene rings is 1. The van der Waals surface area contributed by atoms with Crippen LogP contribution in [0, 0.1) is 6.92 Å². The summed E-state index contributed by atoms with van der Waals surface area (Å²) < 4.78 is 5.58. The van der Waals surface area contributed by atoms with E-state index in [4.69, 9.17) is 16.0 Å². The second kappa shape index (κ2) is 6.24. The molecule has 0 aliphatic rings. The molecule has 0 aliphatic carbocycles.